The van der Waals surface area contributed by atoms with Gasteiger partial charge in [0.1, 0.15) is 21.6 Å². The van der Waals surface area contributed by atoms with Gasteiger partial charge in [0.15, 0.2) is 6.61 Å². The second kappa shape index (κ2) is 10.2. The van der Waals surface area contributed by atoms with Crippen molar-refractivity contribution in [2.75, 3.05) is 13.7 Å². The van der Waals surface area contributed by atoms with Crippen molar-refractivity contribution < 1.29 is 23.9 Å². The molecule has 0 spiro atoms. The molecule has 1 unspecified atom stereocenters. The van der Waals surface area contributed by atoms with E-state index in [4.69, 9.17) is 9.47 Å². The lowest BCUT2D eigenvalue weighted by atomic mass is 10.0. The van der Waals surface area contributed by atoms with Gasteiger partial charge >= 0.3 is 11.9 Å². The molecule has 0 aromatic carbocycles. The number of nitrogens with zero attached hydrogens (tertiary/aromatic N) is 2. The number of ether oxygens (including phenoxy) is 2. The van der Waals surface area contributed by atoms with Crippen LogP contribution in [0.5, 0.6) is 0 Å². The summed E-state index contributed by atoms with van der Waals surface area (Å²) in [6.45, 7) is 5.62. The number of carbonyl (C=O) groups excluding carboxylic acids is 3. The zero-order chi connectivity index (χ0) is 23.4. The maximum absolute atomic E-state index is 13.0. The molecule has 174 valence electrons. The number of rotatable bonds is 7. The summed E-state index contributed by atoms with van der Waals surface area (Å²) in [6.07, 6.45) is 4.11. The van der Waals surface area contributed by atoms with Gasteiger partial charge in [-0.3, -0.25) is 14.2 Å². The highest BCUT2D eigenvalue weighted by Crippen LogP contribution is 2.29. The molecule has 3 heterocycles. The van der Waals surface area contributed by atoms with E-state index in [9.17, 15) is 19.2 Å². The molecule has 1 amide bonds. The number of hydrogen-bond donors (Lipinski definition) is 1. The highest BCUT2D eigenvalue weighted by atomic mass is 32.1. The van der Waals surface area contributed by atoms with Crippen molar-refractivity contribution in [3.05, 3.63) is 26.6 Å². The van der Waals surface area contributed by atoms with Gasteiger partial charge in [0, 0.05) is 13.0 Å². The SMILES string of the molecule is COC(=O)C(CC(C)C)NC(=O)COC(=O)c1sc2nc3n(c(=O)c2c1C)CCCCC3. The normalized spacial score (nSPS) is 14.5. The van der Waals surface area contributed by atoms with Gasteiger partial charge in [-0.25, -0.2) is 14.6 Å². The van der Waals surface area contributed by atoms with Crippen molar-refractivity contribution in [1.29, 1.82) is 0 Å². The molecule has 0 saturated heterocycles. The van der Waals surface area contributed by atoms with E-state index >= 15 is 0 Å². The number of esters is 2. The maximum Gasteiger partial charge on any atom is 0.349 e. The Morgan fingerprint density at radius 1 is 1.22 bits per heavy atom. The summed E-state index contributed by atoms with van der Waals surface area (Å²) in [5, 5.41) is 2.98. The van der Waals surface area contributed by atoms with Gasteiger partial charge in [0.2, 0.25) is 0 Å². The number of aromatic nitrogens is 2. The summed E-state index contributed by atoms with van der Waals surface area (Å²) in [4.78, 5) is 55.2. The zero-order valence-corrected chi connectivity index (χ0v) is 19.7. The molecular formula is C22H29N3O6S. The summed E-state index contributed by atoms with van der Waals surface area (Å²) in [6, 6.07) is -0.808. The molecule has 9 nitrogen and oxygen atoms in total. The number of carbonyl (C=O) groups is 3. The van der Waals surface area contributed by atoms with Gasteiger partial charge in [-0.15, -0.1) is 11.3 Å². The quantitative estimate of drug-likeness (QED) is 0.627. The summed E-state index contributed by atoms with van der Waals surface area (Å²) >= 11 is 1.10. The van der Waals surface area contributed by atoms with Gasteiger partial charge in [-0.2, -0.15) is 0 Å². The van der Waals surface area contributed by atoms with Gasteiger partial charge < -0.3 is 14.8 Å². The zero-order valence-electron chi connectivity index (χ0n) is 18.9. The Bertz CT molecular complexity index is 1090. The van der Waals surface area contributed by atoms with E-state index in [1.165, 1.54) is 7.11 Å². The molecule has 0 radical (unpaired) electrons. The molecule has 0 saturated carbocycles. The fourth-order valence-corrected chi connectivity index (χ4v) is 4.95. The first-order chi connectivity index (χ1) is 15.2. The molecular weight excluding hydrogens is 434 g/mol. The van der Waals surface area contributed by atoms with Crippen LogP contribution >= 0.6 is 11.3 Å². The van der Waals surface area contributed by atoms with Crippen LogP contribution in [0.4, 0.5) is 0 Å². The predicted molar refractivity (Wildman–Crippen MR) is 120 cm³/mol. The highest BCUT2D eigenvalue weighted by Gasteiger charge is 2.25. The minimum atomic E-state index is -0.808. The van der Waals surface area contributed by atoms with Crippen molar-refractivity contribution in [2.45, 2.75) is 65.5 Å². The fraction of sp³-hybridized carbons (Fsp3) is 0.591. The van der Waals surface area contributed by atoms with E-state index in [0.717, 1.165) is 42.8 Å². The minimum absolute atomic E-state index is 0.132. The number of fused-ring (bicyclic) bond motifs is 2. The standard InChI is InChI=1S/C22H29N3O6S/c1-12(2)10-14(21(28)30-4)23-16(26)11-31-22(29)18-13(3)17-19(32-18)24-15-8-6-5-7-9-25(15)20(17)27/h12,14H,5-11H2,1-4H3,(H,23,26). The van der Waals surface area contributed by atoms with Crippen molar-refractivity contribution in [3.63, 3.8) is 0 Å². The third-order valence-corrected chi connectivity index (χ3v) is 6.63. The lowest BCUT2D eigenvalue weighted by Gasteiger charge is -2.18. The van der Waals surface area contributed by atoms with Gasteiger partial charge in [0.25, 0.3) is 11.5 Å². The maximum atomic E-state index is 13.0. The van der Waals surface area contributed by atoms with Crippen molar-refractivity contribution in [2.24, 2.45) is 5.92 Å². The molecule has 0 bridgehead atoms. The van der Waals surface area contributed by atoms with Crippen LogP contribution in [-0.4, -0.2) is 47.2 Å². The molecule has 0 aliphatic carbocycles. The first-order valence-corrected chi connectivity index (χ1v) is 11.6. The van der Waals surface area contributed by atoms with E-state index in [0.29, 0.717) is 28.7 Å². The van der Waals surface area contributed by atoms with Crippen LogP contribution in [0.25, 0.3) is 10.2 Å². The van der Waals surface area contributed by atoms with Gasteiger partial charge in [-0.05, 0) is 37.7 Å². The van der Waals surface area contributed by atoms with Crippen LogP contribution in [-0.2, 0) is 32.0 Å². The number of amides is 1. The largest absolute Gasteiger partial charge is 0.467 e. The molecule has 0 fully saturated rings. The average molecular weight is 464 g/mol. The number of aryl methyl sites for hydroxylation is 2. The van der Waals surface area contributed by atoms with Crippen LogP contribution in [0, 0.1) is 12.8 Å². The topological polar surface area (TPSA) is 117 Å². The Morgan fingerprint density at radius 3 is 2.66 bits per heavy atom. The Kier molecular flexibility index (Phi) is 7.65. The van der Waals surface area contributed by atoms with Crippen LogP contribution < -0.4 is 10.9 Å². The Hall–Kier alpha value is -2.75. The first kappa shape index (κ1) is 23.9. The Morgan fingerprint density at radius 2 is 1.97 bits per heavy atom. The number of hydrogen-bond acceptors (Lipinski definition) is 8. The van der Waals surface area contributed by atoms with Crippen LogP contribution in [0.1, 0.15) is 60.6 Å². The molecule has 1 aliphatic rings. The highest BCUT2D eigenvalue weighted by molar-refractivity contribution is 7.20. The molecule has 32 heavy (non-hydrogen) atoms. The summed E-state index contributed by atoms with van der Waals surface area (Å²) in [5.74, 6) is -0.939. The molecule has 2 aromatic heterocycles. The molecule has 10 heteroatoms. The molecule has 3 rings (SSSR count). The molecule has 1 N–H and O–H groups in total. The molecule has 1 atom stereocenters. The van der Waals surface area contributed by atoms with E-state index < -0.39 is 30.5 Å². The van der Waals surface area contributed by atoms with Gasteiger partial charge in [0.05, 0.1) is 12.5 Å². The summed E-state index contributed by atoms with van der Waals surface area (Å²) in [5.41, 5.74) is 0.381. The smallest absolute Gasteiger partial charge is 0.349 e. The van der Waals surface area contributed by atoms with Crippen molar-refractivity contribution >= 4 is 39.4 Å². The number of thiophene rings is 1. The average Bonchev–Trinajstić information content (AvgIpc) is 2.92. The van der Waals surface area contributed by atoms with Crippen molar-refractivity contribution in [3.8, 4) is 0 Å². The third kappa shape index (κ3) is 5.17. The molecule has 2 aromatic rings. The lowest BCUT2D eigenvalue weighted by molar-refractivity contribution is -0.145. The van der Waals surface area contributed by atoms with Crippen LogP contribution in [0.15, 0.2) is 4.79 Å². The first-order valence-electron chi connectivity index (χ1n) is 10.8. The summed E-state index contributed by atoms with van der Waals surface area (Å²) < 4.78 is 11.6. The number of methoxy groups -OCH3 is 1. The van der Waals surface area contributed by atoms with Crippen LogP contribution in [0.2, 0.25) is 0 Å². The monoisotopic (exact) mass is 463 g/mol. The second-order valence-electron chi connectivity index (χ2n) is 8.38. The lowest BCUT2D eigenvalue weighted by Crippen LogP contribution is -2.44. The van der Waals surface area contributed by atoms with Crippen LogP contribution in [0.3, 0.4) is 0 Å². The Labute approximate surface area is 190 Å². The van der Waals surface area contributed by atoms with E-state index in [-0.39, 0.29) is 16.4 Å². The molecule has 1 aliphatic heterocycles. The number of nitrogens with one attached hydrogen (secondary N) is 1. The second-order valence-corrected chi connectivity index (χ2v) is 9.38. The van der Waals surface area contributed by atoms with E-state index in [1.807, 2.05) is 13.8 Å². The third-order valence-electron chi connectivity index (χ3n) is 5.46. The minimum Gasteiger partial charge on any atom is -0.467 e. The van der Waals surface area contributed by atoms with E-state index in [1.54, 1.807) is 11.5 Å². The Balaban J connectivity index is 1.74. The van der Waals surface area contributed by atoms with Gasteiger partial charge in [-0.1, -0.05) is 20.3 Å². The summed E-state index contributed by atoms with van der Waals surface area (Å²) in [7, 11) is 1.25. The predicted octanol–water partition coefficient (Wildman–Crippen LogP) is 2.35. The van der Waals surface area contributed by atoms with Crippen molar-refractivity contribution in [1.82, 2.24) is 14.9 Å². The van der Waals surface area contributed by atoms with E-state index in [2.05, 4.69) is 10.3 Å². The fourth-order valence-electron chi connectivity index (χ4n) is 3.86.